The summed E-state index contributed by atoms with van der Waals surface area (Å²) in [7, 11) is -1.69. The molecule has 0 N–H and O–H groups in total. The normalized spacial score (nSPS) is 49.7. The summed E-state index contributed by atoms with van der Waals surface area (Å²) in [6, 6.07) is 0. The van der Waals surface area contributed by atoms with Crippen LogP contribution in [0, 0.1) is 34.5 Å². The number of rotatable bonds is 3. The van der Waals surface area contributed by atoms with E-state index in [1.54, 1.807) is 5.57 Å². The molecule has 5 aliphatic rings. The van der Waals surface area contributed by atoms with Crippen molar-refractivity contribution < 1.29 is 9.16 Å². The predicted octanol–water partition coefficient (Wildman–Crippen LogP) is 7.74. The minimum atomic E-state index is -1.69. The van der Waals surface area contributed by atoms with Crippen molar-refractivity contribution >= 4 is 8.32 Å². The number of fused-ring (bicyclic) bond motifs is 5. The maximum atomic E-state index is 6.90. The molecule has 1 heterocycles. The van der Waals surface area contributed by atoms with Gasteiger partial charge < -0.3 is 9.16 Å². The fourth-order valence-electron chi connectivity index (χ4n) is 8.64. The predicted molar refractivity (Wildman–Crippen MR) is 132 cm³/mol. The Morgan fingerprint density at radius 1 is 1.00 bits per heavy atom. The largest absolute Gasteiger partial charge is 0.414 e. The molecular weight excluding hydrogens is 396 g/mol. The van der Waals surface area contributed by atoms with Crippen LogP contribution in [0.5, 0.6) is 0 Å². The maximum absolute atomic E-state index is 6.90. The smallest absolute Gasteiger partial charge is 0.192 e. The average molecular weight is 445 g/mol. The molecule has 0 aromatic heterocycles. The molecule has 0 radical (unpaired) electrons. The number of ether oxygens (including phenoxy) is 1. The summed E-state index contributed by atoms with van der Waals surface area (Å²) in [6.45, 7) is 20.6. The van der Waals surface area contributed by atoms with E-state index in [0.717, 1.165) is 30.3 Å². The van der Waals surface area contributed by atoms with E-state index in [-0.39, 0.29) is 5.60 Å². The molecule has 3 saturated carbocycles. The third-order valence-corrected chi connectivity index (χ3v) is 16.2. The molecule has 0 spiro atoms. The highest BCUT2D eigenvalue weighted by Gasteiger charge is 2.64. The Morgan fingerprint density at radius 2 is 1.71 bits per heavy atom. The topological polar surface area (TPSA) is 21.8 Å². The standard InChI is InChI=1S/C28H48O2Si/c1-25(2,3)31(7,8)30-20-13-15-26(4)19(17-20)9-10-21-22-11-12-24(28(6)18-29-28)27(22,5)16-14-23(21)26/h9,20-24H,10-18H2,1-8H3/t20-,21?,22?,23?,24?,26-,27-,28?/m0/s1. The zero-order valence-corrected chi connectivity index (χ0v) is 22.6. The number of allylic oxidation sites excluding steroid dienone is 1. The van der Waals surface area contributed by atoms with Crippen LogP contribution in [0.4, 0.5) is 0 Å². The van der Waals surface area contributed by atoms with Gasteiger partial charge in [0.1, 0.15) is 0 Å². The number of hydrogen-bond donors (Lipinski definition) is 0. The van der Waals surface area contributed by atoms with Gasteiger partial charge in [0.2, 0.25) is 0 Å². The van der Waals surface area contributed by atoms with Gasteiger partial charge in [-0.2, -0.15) is 0 Å². The molecule has 2 nitrogen and oxygen atoms in total. The van der Waals surface area contributed by atoms with Crippen molar-refractivity contribution in [3.63, 3.8) is 0 Å². The highest BCUT2D eigenvalue weighted by molar-refractivity contribution is 6.74. The Hall–Kier alpha value is -0.123. The quantitative estimate of drug-likeness (QED) is 0.252. The van der Waals surface area contributed by atoms with Crippen molar-refractivity contribution in [2.24, 2.45) is 34.5 Å². The van der Waals surface area contributed by atoms with Crippen molar-refractivity contribution in [2.75, 3.05) is 6.61 Å². The van der Waals surface area contributed by atoms with Crippen LogP contribution in [-0.2, 0) is 9.16 Å². The van der Waals surface area contributed by atoms with Gasteiger partial charge in [0, 0.05) is 6.10 Å². The second-order valence-corrected chi connectivity index (χ2v) is 19.0. The van der Waals surface area contributed by atoms with Gasteiger partial charge in [-0.25, -0.2) is 0 Å². The highest BCUT2D eigenvalue weighted by Crippen LogP contribution is 2.69. The van der Waals surface area contributed by atoms with E-state index in [1.165, 1.54) is 51.4 Å². The lowest BCUT2D eigenvalue weighted by Gasteiger charge is -2.58. The van der Waals surface area contributed by atoms with E-state index >= 15 is 0 Å². The first-order valence-corrected chi connectivity index (χ1v) is 16.2. The Bertz CT molecular complexity index is 759. The fraction of sp³-hybridized carbons (Fsp3) is 0.929. The van der Waals surface area contributed by atoms with Gasteiger partial charge in [-0.05, 0) is 111 Å². The van der Waals surface area contributed by atoms with Crippen molar-refractivity contribution in [3.05, 3.63) is 11.6 Å². The lowest BCUT2D eigenvalue weighted by atomic mass is 9.47. The van der Waals surface area contributed by atoms with Crippen LogP contribution >= 0.6 is 0 Å². The zero-order valence-electron chi connectivity index (χ0n) is 21.6. The molecule has 0 aromatic carbocycles. The molecule has 1 aliphatic heterocycles. The third kappa shape index (κ3) is 3.38. The van der Waals surface area contributed by atoms with E-state index in [1.807, 2.05) is 0 Å². The van der Waals surface area contributed by atoms with Crippen LogP contribution in [0.3, 0.4) is 0 Å². The van der Waals surface area contributed by atoms with Gasteiger partial charge in [0.05, 0.1) is 12.2 Å². The van der Waals surface area contributed by atoms with Crippen molar-refractivity contribution in [2.45, 2.75) is 123 Å². The van der Waals surface area contributed by atoms with Crippen LogP contribution in [0.2, 0.25) is 18.1 Å². The lowest BCUT2D eigenvalue weighted by molar-refractivity contribution is -0.0588. The molecule has 0 bridgehead atoms. The first-order valence-electron chi connectivity index (χ1n) is 13.3. The second kappa shape index (κ2) is 6.95. The fourth-order valence-corrected chi connectivity index (χ4v) is 10.0. The van der Waals surface area contributed by atoms with Crippen LogP contribution in [-0.4, -0.2) is 26.6 Å². The summed E-state index contributed by atoms with van der Waals surface area (Å²) in [5, 5.41) is 0.300. The molecule has 5 unspecified atom stereocenters. The van der Waals surface area contributed by atoms with E-state index in [0.29, 0.717) is 22.0 Å². The summed E-state index contributed by atoms with van der Waals surface area (Å²) in [5.74, 6) is 3.50. The molecule has 31 heavy (non-hydrogen) atoms. The molecule has 3 heteroatoms. The van der Waals surface area contributed by atoms with Crippen LogP contribution in [0.1, 0.15) is 92.9 Å². The highest BCUT2D eigenvalue weighted by atomic mass is 28.4. The maximum Gasteiger partial charge on any atom is 0.192 e. The van der Waals surface area contributed by atoms with Gasteiger partial charge in [-0.1, -0.05) is 46.3 Å². The molecule has 5 rings (SSSR count). The molecule has 0 aromatic rings. The van der Waals surface area contributed by atoms with Crippen molar-refractivity contribution in [1.82, 2.24) is 0 Å². The van der Waals surface area contributed by atoms with Gasteiger partial charge in [-0.15, -0.1) is 0 Å². The molecule has 8 atom stereocenters. The summed E-state index contributed by atoms with van der Waals surface area (Å²) < 4.78 is 12.9. The summed E-state index contributed by atoms with van der Waals surface area (Å²) in [4.78, 5) is 0. The Balaban J connectivity index is 1.34. The van der Waals surface area contributed by atoms with Crippen LogP contribution < -0.4 is 0 Å². The van der Waals surface area contributed by atoms with Crippen molar-refractivity contribution in [1.29, 1.82) is 0 Å². The number of epoxide rings is 1. The van der Waals surface area contributed by atoms with E-state index in [2.05, 4.69) is 60.7 Å². The van der Waals surface area contributed by atoms with E-state index < -0.39 is 8.32 Å². The Labute approximate surface area is 193 Å². The average Bonchev–Trinajstić information content (AvgIpc) is 3.29. The minimum Gasteiger partial charge on any atom is -0.414 e. The molecule has 4 fully saturated rings. The monoisotopic (exact) mass is 444 g/mol. The molecule has 1 saturated heterocycles. The van der Waals surface area contributed by atoms with Gasteiger partial charge in [0.25, 0.3) is 0 Å². The molecule has 4 aliphatic carbocycles. The first kappa shape index (κ1) is 22.7. The first-order chi connectivity index (χ1) is 14.3. The molecular formula is C28H48O2Si. The summed E-state index contributed by atoms with van der Waals surface area (Å²) in [5.41, 5.74) is 2.90. The minimum absolute atomic E-state index is 0.203. The molecule has 176 valence electrons. The summed E-state index contributed by atoms with van der Waals surface area (Å²) in [6.07, 6.45) is 14.0. The van der Waals surface area contributed by atoms with Gasteiger partial charge in [-0.3, -0.25) is 0 Å². The van der Waals surface area contributed by atoms with Crippen molar-refractivity contribution in [3.8, 4) is 0 Å². The van der Waals surface area contributed by atoms with E-state index in [4.69, 9.17) is 9.16 Å². The summed E-state index contributed by atoms with van der Waals surface area (Å²) >= 11 is 0. The van der Waals surface area contributed by atoms with Crippen LogP contribution in [0.15, 0.2) is 11.6 Å². The Morgan fingerprint density at radius 3 is 2.35 bits per heavy atom. The van der Waals surface area contributed by atoms with Gasteiger partial charge >= 0.3 is 0 Å². The molecule has 0 amide bonds. The van der Waals surface area contributed by atoms with Crippen LogP contribution in [0.25, 0.3) is 0 Å². The SMILES string of the molecule is CC1(C2CCC3C4CC=C5C[C@@H](O[Si](C)(C)C(C)(C)C)CC[C@]5(C)C4CC[C@@]32C)CO1. The second-order valence-electron chi connectivity index (χ2n) is 14.3. The lowest BCUT2D eigenvalue weighted by Crippen LogP contribution is -2.52. The number of hydrogen-bond acceptors (Lipinski definition) is 2. The third-order valence-electron chi connectivity index (χ3n) is 11.7. The zero-order chi connectivity index (χ0) is 22.4. The van der Waals surface area contributed by atoms with E-state index in [9.17, 15) is 0 Å². The Kier molecular flexibility index (Phi) is 5.08. The van der Waals surface area contributed by atoms with Gasteiger partial charge in [0.15, 0.2) is 8.32 Å².